The summed E-state index contributed by atoms with van der Waals surface area (Å²) < 4.78 is 5.29. The van der Waals surface area contributed by atoms with Crippen molar-refractivity contribution in [1.82, 2.24) is 4.90 Å². The van der Waals surface area contributed by atoms with Gasteiger partial charge in [-0.15, -0.1) is 0 Å². The summed E-state index contributed by atoms with van der Waals surface area (Å²) >= 11 is 0. The van der Waals surface area contributed by atoms with Crippen molar-refractivity contribution < 1.29 is 19.6 Å². The molecule has 1 aliphatic heterocycles. The van der Waals surface area contributed by atoms with Crippen molar-refractivity contribution in [2.75, 3.05) is 19.7 Å². The SMILES string of the molecule is CC1(O)CCN(C(=O)COc2ccc([N+](=O)[O-])cc2)C1. The average molecular weight is 280 g/mol. The van der Waals surface area contributed by atoms with Crippen molar-refractivity contribution in [2.24, 2.45) is 0 Å². The monoisotopic (exact) mass is 280 g/mol. The van der Waals surface area contributed by atoms with Gasteiger partial charge in [-0.3, -0.25) is 14.9 Å². The fourth-order valence-corrected chi connectivity index (χ4v) is 2.06. The Morgan fingerprint density at radius 1 is 1.50 bits per heavy atom. The number of rotatable bonds is 4. The van der Waals surface area contributed by atoms with E-state index in [2.05, 4.69) is 0 Å². The lowest BCUT2D eigenvalue weighted by molar-refractivity contribution is -0.384. The van der Waals surface area contributed by atoms with Crippen LogP contribution in [0.1, 0.15) is 13.3 Å². The van der Waals surface area contributed by atoms with Gasteiger partial charge in [-0.2, -0.15) is 0 Å². The topological polar surface area (TPSA) is 92.9 Å². The zero-order valence-electron chi connectivity index (χ0n) is 11.1. The number of non-ortho nitro benzene ring substituents is 1. The van der Waals surface area contributed by atoms with Gasteiger partial charge in [0, 0.05) is 25.2 Å². The van der Waals surface area contributed by atoms with Gasteiger partial charge in [-0.25, -0.2) is 0 Å². The van der Waals surface area contributed by atoms with Gasteiger partial charge in [0.15, 0.2) is 6.61 Å². The number of nitrogens with zero attached hydrogens (tertiary/aromatic N) is 2. The number of amides is 1. The Labute approximate surface area is 115 Å². The van der Waals surface area contributed by atoms with Gasteiger partial charge in [0.1, 0.15) is 5.75 Å². The van der Waals surface area contributed by atoms with Gasteiger partial charge in [0.05, 0.1) is 10.5 Å². The Morgan fingerprint density at radius 3 is 2.65 bits per heavy atom. The van der Waals surface area contributed by atoms with Gasteiger partial charge in [0.25, 0.3) is 11.6 Å². The van der Waals surface area contributed by atoms with E-state index in [0.29, 0.717) is 25.3 Å². The molecule has 2 rings (SSSR count). The first-order valence-corrected chi connectivity index (χ1v) is 6.25. The van der Waals surface area contributed by atoms with Gasteiger partial charge in [0.2, 0.25) is 0 Å². The Morgan fingerprint density at radius 2 is 2.15 bits per heavy atom. The fourth-order valence-electron chi connectivity index (χ4n) is 2.06. The van der Waals surface area contributed by atoms with E-state index in [1.165, 1.54) is 24.3 Å². The standard InChI is InChI=1S/C13H16N2O5/c1-13(17)6-7-14(9-13)12(16)8-20-11-4-2-10(3-5-11)15(18)19/h2-5,17H,6-9H2,1H3. The lowest BCUT2D eigenvalue weighted by Gasteiger charge is -2.19. The highest BCUT2D eigenvalue weighted by molar-refractivity contribution is 5.78. The van der Waals surface area contributed by atoms with Crippen LogP contribution in [0.25, 0.3) is 0 Å². The number of benzene rings is 1. The largest absolute Gasteiger partial charge is 0.484 e. The van der Waals surface area contributed by atoms with Crippen molar-refractivity contribution in [2.45, 2.75) is 18.9 Å². The Bertz CT molecular complexity index is 512. The minimum atomic E-state index is -0.830. The summed E-state index contributed by atoms with van der Waals surface area (Å²) in [7, 11) is 0. The molecule has 0 aliphatic carbocycles. The minimum Gasteiger partial charge on any atom is -0.484 e. The van der Waals surface area contributed by atoms with Gasteiger partial charge < -0.3 is 14.7 Å². The van der Waals surface area contributed by atoms with E-state index in [0.717, 1.165) is 0 Å². The minimum absolute atomic E-state index is 0.0285. The lowest BCUT2D eigenvalue weighted by Crippen LogP contribution is -2.36. The number of aliphatic hydroxyl groups is 1. The van der Waals surface area contributed by atoms with Crippen LogP contribution in [0, 0.1) is 10.1 Å². The molecule has 1 aromatic rings. The molecule has 1 unspecified atom stereocenters. The van der Waals surface area contributed by atoms with Gasteiger partial charge >= 0.3 is 0 Å². The highest BCUT2D eigenvalue weighted by Crippen LogP contribution is 2.21. The third kappa shape index (κ3) is 3.45. The van der Waals surface area contributed by atoms with Crippen LogP contribution in [0.4, 0.5) is 5.69 Å². The van der Waals surface area contributed by atoms with Crippen molar-refractivity contribution in [3.8, 4) is 5.75 Å². The molecule has 1 N–H and O–H groups in total. The van der Waals surface area contributed by atoms with E-state index < -0.39 is 10.5 Å². The first kappa shape index (κ1) is 14.3. The maximum absolute atomic E-state index is 11.9. The molecule has 20 heavy (non-hydrogen) atoms. The molecule has 1 amide bonds. The summed E-state index contributed by atoms with van der Waals surface area (Å²) in [6.07, 6.45) is 0.552. The molecule has 0 aromatic heterocycles. The van der Waals surface area contributed by atoms with E-state index in [4.69, 9.17) is 4.74 Å². The highest BCUT2D eigenvalue weighted by Gasteiger charge is 2.33. The quantitative estimate of drug-likeness (QED) is 0.655. The summed E-state index contributed by atoms with van der Waals surface area (Å²) in [6, 6.07) is 5.54. The summed E-state index contributed by atoms with van der Waals surface area (Å²) in [5.41, 5.74) is -0.859. The molecule has 1 fully saturated rings. The van der Waals surface area contributed by atoms with Crippen molar-refractivity contribution in [1.29, 1.82) is 0 Å². The van der Waals surface area contributed by atoms with Crippen LogP contribution in [0.2, 0.25) is 0 Å². The number of ether oxygens (including phenoxy) is 1. The molecule has 0 saturated carbocycles. The third-order valence-electron chi connectivity index (χ3n) is 3.21. The van der Waals surface area contributed by atoms with Gasteiger partial charge in [-0.1, -0.05) is 0 Å². The molecule has 1 aliphatic rings. The van der Waals surface area contributed by atoms with E-state index in [1.54, 1.807) is 11.8 Å². The number of carbonyl (C=O) groups is 1. The molecule has 0 bridgehead atoms. The second kappa shape index (κ2) is 5.46. The number of hydrogen-bond acceptors (Lipinski definition) is 5. The Hall–Kier alpha value is -2.15. The number of carbonyl (C=O) groups excluding carboxylic acids is 1. The molecule has 1 heterocycles. The van der Waals surface area contributed by atoms with Crippen LogP contribution >= 0.6 is 0 Å². The zero-order chi connectivity index (χ0) is 14.8. The van der Waals surface area contributed by atoms with E-state index >= 15 is 0 Å². The summed E-state index contributed by atoms with van der Waals surface area (Å²) in [5, 5.41) is 20.3. The van der Waals surface area contributed by atoms with Crippen LogP contribution in [0.5, 0.6) is 5.75 Å². The van der Waals surface area contributed by atoms with Crippen molar-refractivity contribution in [3.63, 3.8) is 0 Å². The van der Waals surface area contributed by atoms with Crippen LogP contribution in [-0.2, 0) is 4.79 Å². The molecular formula is C13H16N2O5. The number of likely N-dealkylation sites (tertiary alicyclic amines) is 1. The molecule has 0 radical (unpaired) electrons. The van der Waals surface area contributed by atoms with Crippen LogP contribution < -0.4 is 4.74 Å². The first-order chi connectivity index (χ1) is 9.37. The Balaban J connectivity index is 1.86. The summed E-state index contributed by atoms with van der Waals surface area (Å²) in [6.45, 7) is 2.36. The van der Waals surface area contributed by atoms with Crippen LogP contribution in [0.15, 0.2) is 24.3 Å². The maximum Gasteiger partial charge on any atom is 0.269 e. The Kier molecular flexibility index (Phi) is 3.89. The molecule has 7 nitrogen and oxygen atoms in total. The molecular weight excluding hydrogens is 264 g/mol. The predicted molar refractivity (Wildman–Crippen MR) is 70.4 cm³/mol. The van der Waals surface area contributed by atoms with Crippen LogP contribution in [-0.4, -0.2) is 46.1 Å². The molecule has 7 heteroatoms. The molecule has 1 saturated heterocycles. The van der Waals surface area contributed by atoms with Gasteiger partial charge in [-0.05, 0) is 25.5 Å². The number of hydrogen-bond donors (Lipinski definition) is 1. The zero-order valence-corrected chi connectivity index (χ0v) is 11.1. The normalized spacial score (nSPS) is 21.8. The summed E-state index contributed by atoms with van der Waals surface area (Å²) in [4.78, 5) is 23.4. The number of nitro groups is 1. The molecule has 1 aromatic carbocycles. The van der Waals surface area contributed by atoms with E-state index in [-0.39, 0.29) is 18.2 Å². The molecule has 1 atom stereocenters. The van der Waals surface area contributed by atoms with Crippen molar-refractivity contribution >= 4 is 11.6 Å². The fraction of sp³-hybridized carbons (Fsp3) is 0.462. The van der Waals surface area contributed by atoms with Crippen molar-refractivity contribution in [3.05, 3.63) is 34.4 Å². The second-order valence-electron chi connectivity index (χ2n) is 5.10. The number of nitro benzene ring substituents is 1. The maximum atomic E-state index is 11.9. The second-order valence-corrected chi connectivity index (χ2v) is 5.10. The first-order valence-electron chi connectivity index (χ1n) is 6.25. The lowest BCUT2D eigenvalue weighted by atomic mass is 10.1. The number of β-amino-alcohol motifs (C(OH)–C–C–N with tert-alkyl or cyclic N) is 1. The molecule has 0 spiro atoms. The molecule has 108 valence electrons. The van der Waals surface area contributed by atoms with E-state index in [1.807, 2.05) is 0 Å². The van der Waals surface area contributed by atoms with Crippen LogP contribution in [0.3, 0.4) is 0 Å². The smallest absolute Gasteiger partial charge is 0.269 e. The predicted octanol–water partition coefficient (Wildman–Crippen LogP) is 0.957. The average Bonchev–Trinajstić information content (AvgIpc) is 2.77. The van der Waals surface area contributed by atoms with E-state index in [9.17, 15) is 20.0 Å². The highest BCUT2D eigenvalue weighted by atomic mass is 16.6. The third-order valence-corrected chi connectivity index (χ3v) is 3.21. The summed E-state index contributed by atoms with van der Waals surface area (Å²) in [5.74, 6) is 0.191.